The Morgan fingerprint density at radius 2 is 1.86 bits per heavy atom. The zero-order chi connectivity index (χ0) is 14.5. The van der Waals surface area contributed by atoms with Crippen molar-refractivity contribution in [3.8, 4) is 17.1 Å². The van der Waals surface area contributed by atoms with Gasteiger partial charge in [0.05, 0.1) is 19.1 Å². The van der Waals surface area contributed by atoms with Crippen molar-refractivity contribution in [2.75, 3.05) is 7.11 Å². The summed E-state index contributed by atoms with van der Waals surface area (Å²) in [7, 11) is 1.70. The second kappa shape index (κ2) is 6.22. The first kappa shape index (κ1) is 13.4. The van der Waals surface area contributed by atoms with Gasteiger partial charge in [0.25, 0.3) is 0 Å². The lowest BCUT2D eigenvalue weighted by Crippen LogP contribution is -2.00. The number of benzene rings is 1. The molecule has 0 aliphatic rings. The van der Waals surface area contributed by atoms with Crippen LogP contribution >= 0.6 is 0 Å². The number of hydrogen-bond acceptors (Lipinski definition) is 3. The van der Waals surface area contributed by atoms with Crippen LogP contribution in [0.3, 0.4) is 0 Å². The van der Waals surface area contributed by atoms with Gasteiger partial charge in [-0.2, -0.15) is 0 Å². The molecule has 0 N–H and O–H groups in total. The van der Waals surface area contributed by atoms with Crippen LogP contribution in [-0.2, 0) is 13.0 Å². The molecule has 0 unspecified atom stereocenters. The van der Waals surface area contributed by atoms with Crippen molar-refractivity contribution in [2.45, 2.75) is 13.0 Å². The average Bonchev–Trinajstić information content (AvgIpc) is 3.03. The second-order valence-corrected chi connectivity index (χ2v) is 4.77. The van der Waals surface area contributed by atoms with Crippen molar-refractivity contribution in [3.05, 3.63) is 66.7 Å². The highest BCUT2D eigenvalue weighted by molar-refractivity contribution is 5.52. The number of nitrogens with zero attached hydrogens (tertiary/aromatic N) is 3. The lowest BCUT2D eigenvalue weighted by molar-refractivity contribution is 0.408. The van der Waals surface area contributed by atoms with Crippen LogP contribution in [0.4, 0.5) is 0 Å². The van der Waals surface area contributed by atoms with Crippen LogP contribution in [0.2, 0.25) is 0 Å². The van der Waals surface area contributed by atoms with Gasteiger partial charge in [0.2, 0.25) is 0 Å². The largest absolute Gasteiger partial charge is 0.496 e. The molecule has 4 nitrogen and oxygen atoms in total. The van der Waals surface area contributed by atoms with Gasteiger partial charge in [-0.25, -0.2) is 4.98 Å². The molecule has 0 radical (unpaired) electrons. The summed E-state index contributed by atoms with van der Waals surface area (Å²) >= 11 is 0. The van der Waals surface area contributed by atoms with E-state index in [1.165, 1.54) is 5.56 Å². The molecule has 0 aliphatic heterocycles. The zero-order valence-electron chi connectivity index (χ0n) is 11.9. The van der Waals surface area contributed by atoms with Crippen LogP contribution in [0.15, 0.2) is 61.2 Å². The minimum Gasteiger partial charge on any atom is -0.496 e. The maximum absolute atomic E-state index is 5.37. The fourth-order valence-electron chi connectivity index (χ4n) is 2.29. The third kappa shape index (κ3) is 3.11. The van der Waals surface area contributed by atoms with E-state index in [2.05, 4.69) is 20.6 Å². The standard InChI is InChI=1S/C17H17N3O/c1-21-17-8-3-2-6-14(17)9-11-20-12-16(19-13-20)15-7-4-5-10-18-15/h2-8,10,12-13H,9,11H2,1H3. The summed E-state index contributed by atoms with van der Waals surface area (Å²) in [6.45, 7) is 0.861. The van der Waals surface area contributed by atoms with Crippen molar-refractivity contribution in [2.24, 2.45) is 0 Å². The number of aromatic nitrogens is 3. The highest BCUT2D eigenvalue weighted by Gasteiger charge is 2.05. The third-order valence-corrected chi connectivity index (χ3v) is 3.39. The number of hydrogen-bond donors (Lipinski definition) is 0. The molecule has 0 bridgehead atoms. The van der Waals surface area contributed by atoms with Gasteiger partial charge in [-0.1, -0.05) is 24.3 Å². The van der Waals surface area contributed by atoms with E-state index in [4.69, 9.17) is 4.74 Å². The van der Waals surface area contributed by atoms with Crippen molar-refractivity contribution in [3.63, 3.8) is 0 Å². The molecule has 0 saturated carbocycles. The Morgan fingerprint density at radius 3 is 2.67 bits per heavy atom. The number of imidazole rings is 1. The minimum absolute atomic E-state index is 0.861. The molecule has 3 rings (SSSR count). The van der Waals surface area contributed by atoms with E-state index in [1.807, 2.05) is 48.9 Å². The SMILES string of the molecule is COc1ccccc1CCn1cnc(-c2ccccn2)c1. The smallest absolute Gasteiger partial charge is 0.122 e. The lowest BCUT2D eigenvalue weighted by Gasteiger charge is -2.08. The second-order valence-electron chi connectivity index (χ2n) is 4.77. The monoisotopic (exact) mass is 279 g/mol. The van der Waals surface area contributed by atoms with Crippen LogP contribution in [-0.4, -0.2) is 21.6 Å². The van der Waals surface area contributed by atoms with Crippen molar-refractivity contribution < 1.29 is 4.74 Å². The van der Waals surface area contributed by atoms with E-state index in [0.717, 1.165) is 30.1 Å². The molecular weight excluding hydrogens is 262 g/mol. The molecule has 0 saturated heterocycles. The molecule has 4 heteroatoms. The first-order chi connectivity index (χ1) is 10.4. The third-order valence-electron chi connectivity index (χ3n) is 3.39. The Morgan fingerprint density at radius 1 is 1.00 bits per heavy atom. The number of aryl methyl sites for hydroxylation is 2. The van der Waals surface area contributed by atoms with Gasteiger partial charge in [-0.15, -0.1) is 0 Å². The van der Waals surface area contributed by atoms with E-state index in [0.29, 0.717) is 0 Å². The van der Waals surface area contributed by atoms with Gasteiger partial charge in [0.15, 0.2) is 0 Å². The van der Waals surface area contributed by atoms with Crippen LogP contribution in [0.25, 0.3) is 11.4 Å². The Bertz CT molecular complexity index is 707. The first-order valence-corrected chi connectivity index (χ1v) is 6.92. The minimum atomic E-state index is 0.861. The summed E-state index contributed by atoms with van der Waals surface area (Å²) in [5.41, 5.74) is 3.00. The summed E-state index contributed by atoms with van der Waals surface area (Å²) in [4.78, 5) is 8.72. The maximum Gasteiger partial charge on any atom is 0.122 e. The van der Waals surface area contributed by atoms with Crippen LogP contribution in [0.5, 0.6) is 5.75 Å². The highest BCUT2D eigenvalue weighted by Crippen LogP contribution is 2.19. The first-order valence-electron chi connectivity index (χ1n) is 6.92. The molecule has 0 fully saturated rings. The zero-order valence-corrected chi connectivity index (χ0v) is 11.9. The molecule has 21 heavy (non-hydrogen) atoms. The highest BCUT2D eigenvalue weighted by atomic mass is 16.5. The number of methoxy groups -OCH3 is 1. The molecule has 106 valence electrons. The summed E-state index contributed by atoms with van der Waals surface area (Å²) in [5.74, 6) is 0.933. The molecule has 2 heterocycles. The predicted octanol–water partition coefficient (Wildman–Crippen LogP) is 3.20. The van der Waals surface area contributed by atoms with Gasteiger partial charge in [0.1, 0.15) is 11.4 Å². The van der Waals surface area contributed by atoms with Crippen LogP contribution in [0.1, 0.15) is 5.56 Å². The van der Waals surface area contributed by atoms with Crippen LogP contribution < -0.4 is 4.74 Å². The van der Waals surface area contributed by atoms with Crippen molar-refractivity contribution in [1.29, 1.82) is 0 Å². The van der Waals surface area contributed by atoms with Gasteiger partial charge in [-0.05, 0) is 30.2 Å². The predicted molar refractivity (Wildman–Crippen MR) is 82.2 cm³/mol. The molecular formula is C17H17N3O. The Kier molecular flexibility index (Phi) is 3.96. The van der Waals surface area contributed by atoms with Crippen LogP contribution in [0, 0.1) is 0 Å². The van der Waals surface area contributed by atoms with Gasteiger partial charge in [0, 0.05) is 18.9 Å². The number of pyridine rings is 1. The fourth-order valence-corrected chi connectivity index (χ4v) is 2.29. The van der Waals surface area contributed by atoms with E-state index in [9.17, 15) is 0 Å². The van der Waals surface area contributed by atoms with Crippen molar-refractivity contribution in [1.82, 2.24) is 14.5 Å². The number of rotatable bonds is 5. The van der Waals surface area contributed by atoms with Crippen molar-refractivity contribution >= 4 is 0 Å². The Hall–Kier alpha value is -2.62. The molecule has 0 atom stereocenters. The van der Waals surface area contributed by atoms with Gasteiger partial charge in [-0.3, -0.25) is 4.98 Å². The molecule has 2 aromatic heterocycles. The fraction of sp³-hybridized carbons (Fsp3) is 0.176. The number of ether oxygens (including phenoxy) is 1. The van der Waals surface area contributed by atoms with E-state index < -0.39 is 0 Å². The quantitative estimate of drug-likeness (QED) is 0.720. The molecule has 0 spiro atoms. The summed E-state index contributed by atoms with van der Waals surface area (Å²) < 4.78 is 7.45. The number of para-hydroxylation sites is 1. The summed E-state index contributed by atoms with van der Waals surface area (Å²) in [5, 5.41) is 0. The maximum atomic E-state index is 5.37. The topological polar surface area (TPSA) is 39.9 Å². The Balaban J connectivity index is 1.71. The van der Waals surface area contributed by atoms with E-state index >= 15 is 0 Å². The molecule has 3 aromatic rings. The van der Waals surface area contributed by atoms with E-state index in [-0.39, 0.29) is 0 Å². The molecule has 0 amide bonds. The summed E-state index contributed by atoms with van der Waals surface area (Å²) in [6, 6.07) is 13.9. The average molecular weight is 279 g/mol. The molecule has 1 aromatic carbocycles. The van der Waals surface area contributed by atoms with Gasteiger partial charge < -0.3 is 9.30 Å². The lowest BCUT2D eigenvalue weighted by atomic mass is 10.1. The van der Waals surface area contributed by atoms with Gasteiger partial charge >= 0.3 is 0 Å². The van der Waals surface area contributed by atoms with E-state index in [1.54, 1.807) is 13.3 Å². The normalized spacial score (nSPS) is 10.5. The summed E-state index contributed by atoms with van der Waals surface area (Å²) in [6.07, 6.45) is 6.56. The Labute approximate surface area is 124 Å². The molecule has 0 aliphatic carbocycles.